The van der Waals surface area contributed by atoms with Crippen LogP contribution in [0.15, 0.2) is 12.4 Å². The largest absolute Gasteiger partial charge is 0.307 e. The highest BCUT2D eigenvalue weighted by atomic mass is 15.2. The number of nitrogens with zero attached hydrogens (tertiary/aromatic N) is 2. The zero-order valence-electron chi connectivity index (χ0n) is 12.0. The fraction of sp³-hybridized carbons (Fsp3) is 0.812. The summed E-state index contributed by atoms with van der Waals surface area (Å²) < 4.78 is 1.90. The smallest absolute Gasteiger partial charge is 0.0537 e. The Balaban J connectivity index is 1.44. The Hall–Kier alpha value is -0.830. The van der Waals surface area contributed by atoms with E-state index in [1.807, 2.05) is 17.9 Å². The molecule has 1 heterocycles. The van der Waals surface area contributed by atoms with E-state index in [-0.39, 0.29) is 0 Å². The number of rotatable bonds is 3. The molecule has 0 amide bonds. The summed E-state index contributed by atoms with van der Waals surface area (Å²) in [4.78, 5) is 0. The summed E-state index contributed by atoms with van der Waals surface area (Å²) in [6, 6.07) is 1.21. The highest BCUT2D eigenvalue weighted by molar-refractivity contribution is 5.12. The van der Waals surface area contributed by atoms with Crippen LogP contribution in [0.4, 0.5) is 0 Å². The monoisotopic (exact) mass is 259 g/mol. The molecular weight excluding hydrogens is 234 g/mol. The van der Waals surface area contributed by atoms with Gasteiger partial charge in [0.05, 0.1) is 6.20 Å². The van der Waals surface area contributed by atoms with E-state index < -0.39 is 0 Å². The second-order valence-electron chi connectivity index (χ2n) is 7.10. The van der Waals surface area contributed by atoms with Gasteiger partial charge in [-0.2, -0.15) is 5.10 Å². The molecule has 6 atom stereocenters. The maximum Gasteiger partial charge on any atom is 0.0537 e. The molecule has 1 aromatic heterocycles. The standard InChI is InChI=1S/C16H25N3/c1-10(12-8-17-19(2)9-12)18-16-7-11-6-15(16)14-5-3-4-13(11)14/h8-11,13-16,18H,3-7H2,1-2H3. The molecule has 0 aliphatic heterocycles. The molecular formula is C16H25N3. The SMILES string of the molecule is CC(NC1CC2CC1C1CCCC21)c1cnn(C)c1. The summed E-state index contributed by atoms with van der Waals surface area (Å²) in [5.74, 6) is 4.15. The van der Waals surface area contributed by atoms with Crippen molar-refractivity contribution in [1.82, 2.24) is 15.1 Å². The van der Waals surface area contributed by atoms with Crippen LogP contribution in [0.1, 0.15) is 50.6 Å². The summed E-state index contributed by atoms with van der Waals surface area (Å²) in [5, 5.41) is 8.19. The number of nitrogens with one attached hydrogen (secondary N) is 1. The minimum absolute atomic E-state index is 0.443. The van der Waals surface area contributed by atoms with Crippen LogP contribution in [-0.2, 0) is 7.05 Å². The minimum atomic E-state index is 0.443. The molecule has 2 bridgehead atoms. The molecule has 19 heavy (non-hydrogen) atoms. The number of aryl methyl sites for hydroxylation is 1. The van der Waals surface area contributed by atoms with Gasteiger partial charge in [-0.25, -0.2) is 0 Å². The Bertz CT molecular complexity index is 466. The van der Waals surface area contributed by atoms with Crippen molar-refractivity contribution in [3.63, 3.8) is 0 Å². The van der Waals surface area contributed by atoms with Crippen LogP contribution >= 0.6 is 0 Å². The molecule has 3 aliphatic rings. The summed E-state index contributed by atoms with van der Waals surface area (Å²) in [6.07, 6.45) is 11.6. The van der Waals surface area contributed by atoms with E-state index in [1.165, 1.54) is 37.7 Å². The Morgan fingerprint density at radius 3 is 2.89 bits per heavy atom. The molecule has 3 fully saturated rings. The Kier molecular flexibility index (Phi) is 2.73. The molecule has 1 aromatic rings. The van der Waals surface area contributed by atoms with Gasteiger partial charge in [0.2, 0.25) is 0 Å². The maximum atomic E-state index is 4.29. The first-order valence-corrected chi connectivity index (χ1v) is 7.97. The molecule has 6 unspecified atom stereocenters. The van der Waals surface area contributed by atoms with Gasteiger partial charge in [-0.1, -0.05) is 6.42 Å². The van der Waals surface area contributed by atoms with Crippen LogP contribution in [0.2, 0.25) is 0 Å². The number of hydrogen-bond acceptors (Lipinski definition) is 2. The highest BCUT2D eigenvalue weighted by Gasteiger charge is 2.53. The van der Waals surface area contributed by atoms with Gasteiger partial charge in [0.1, 0.15) is 0 Å². The second-order valence-corrected chi connectivity index (χ2v) is 7.10. The molecule has 104 valence electrons. The first-order chi connectivity index (χ1) is 9.22. The first-order valence-electron chi connectivity index (χ1n) is 7.97. The predicted molar refractivity (Wildman–Crippen MR) is 75.6 cm³/mol. The van der Waals surface area contributed by atoms with Gasteiger partial charge in [-0.3, -0.25) is 4.68 Å². The molecule has 1 N–H and O–H groups in total. The zero-order valence-corrected chi connectivity index (χ0v) is 12.0. The van der Waals surface area contributed by atoms with Gasteiger partial charge in [-0.05, 0) is 56.3 Å². The molecule has 0 saturated heterocycles. The normalized spacial score (nSPS) is 41.7. The average Bonchev–Trinajstić information content (AvgIpc) is 3.08. The van der Waals surface area contributed by atoms with Gasteiger partial charge in [0, 0.05) is 30.9 Å². The van der Waals surface area contributed by atoms with E-state index >= 15 is 0 Å². The lowest BCUT2D eigenvalue weighted by molar-refractivity contribution is 0.200. The van der Waals surface area contributed by atoms with Gasteiger partial charge in [-0.15, -0.1) is 0 Å². The summed E-state index contributed by atoms with van der Waals surface area (Å²) in [5.41, 5.74) is 1.33. The van der Waals surface area contributed by atoms with E-state index in [0.717, 1.165) is 29.7 Å². The molecule has 3 aliphatic carbocycles. The van der Waals surface area contributed by atoms with Crippen molar-refractivity contribution in [2.45, 2.75) is 51.1 Å². The highest BCUT2D eigenvalue weighted by Crippen LogP contribution is 2.58. The van der Waals surface area contributed by atoms with Gasteiger partial charge in [0.15, 0.2) is 0 Å². The third kappa shape index (κ3) is 1.85. The molecule has 0 aromatic carbocycles. The Morgan fingerprint density at radius 1 is 1.26 bits per heavy atom. The first kappa shape index (κ1) is 12.0. The summed E-state index contributed by atoms with van der Waals surface area (Å²) in [6.45, 7) is 2.29. The Labute approximate surface area is 115 Å². The lowest BCUT2D eigenvalue weighted by Crippen LogP contribution is -2.40. The van der Waals surface area contributed by atoms with Crippen molar-refractivity contribution in [3.05, 3.63) is 18.0 Å². The summed E-state index contributed by atoms with van der Waals surface area (Å²) in [7, 11) is 2.00. The van der Waals surface area contributed by atoms with E-state index in [4.69, 9.17) is 0 Å². The molecule has 4 rings (SSSR count). The number of fused-ring (bicyclic) bond motifs is 5. The average molecular weight is 259 g/mol. The molecule has 3 saturated carbocycles. The molecule has 0 spiro atoms. The number of aromatic nitrogens is 2. The summed E-state index contributed by atoms with van der Waals surface area (Å²) >= 11 is 0. The van der Waals surface area contributed by atoms with Crippen LogP contribution in [0.3, 0.4) is 0 Å². The number of hydrogen-bond donors (Lipinski definition) is 1. The second kappa shape index (κ2) is 4.34. The van der Waals surface area contributed by atoms with Gasteiger partial charge >= 0.3 is 0 Å². The van der Waals surface area contributed by atoms with Crippen LogP contribution in [0.25, 0.3) is 0 Å². The van der Waals surface area contributed by atoms with E-state index in [0.29, 0.717) is 6.04 Å². The van der Waals surface area contributed by atoms with Crippen molar-refractivity contribution >= 4 is 0 Å². The lowest BCUT2D eigenvalue weighted by Gasteiger charge is -2.33. The predicted octanol–water partition coefficient (Wildman–Crippen LogP) is 2.90. The quantitative estimate of drug-likeness (QED) is 0.904. The molecule has 0 radical (unpaired) electrons. The van der Waals surface area contributed by atoms with Crippen LogP contribution in [0.5, 0.6) is 0 Å². The topological polar surface area (TPSA) is 29.9 Å². The van der Waals surface area contributed by atoms with Gasteiger partial charge in [0.25, 0.3) is 0 Å². The van der Waals surface area contributed by atoms with E-state index in [1.54, 1.807) is 0 Å². The third-order valence-electron chi connectivity index (χ3n) is 6.12. The van der Waals surface area contributed by atoms with Crippen LogP contribution in [0, 0.1) is 23.7 Å². The van der Waals surface area contributed by atoms with E-state index in [9.17, 15) is 0 Å². The van der Waals surface area contributed by atoms with Crippen molar-refractivity contribution in [3.8, 4) is 0 Å². The molecule has 3 heteroatoms. The van der Waals surface area contributed by atoms with Crippen LogP contribution in [-0.4, -0.2) is 15.8 Å². The maximum absolute atomic E-state index is 4.29. The van der Waals surface area contributed by atoms with Crippen LogP contribution < -0.4 is 5.32 Å². The zero-order chi connectivity index (χ0) is 13.0. The Morgan fingerprint density at radius 2 is 2.11 bits per heavy atom. The van der Waals surface area contributed by atoms with Crippen molar-refractivity contribution in [1.29, 1.82) is 0 Å². The minimum Gasteiger partial charge on any atom is -0.307 e. The lowest BCUT2D eigenvalue weighted by atomic mass is 9.79. The van der Waals surface area contributed by atoms with Crippen molar-refractivity contribution in [2.75, 3.05) is 0 Å². The fourth-order valence-electron chi connectivity index (χ4n) is 5.34. The van der Waals surface area contributed by atoms with Crippen molar-refractivity contribution in [2.24, 2.45) is 30.7 Å². The van der Waals surface area contributed by atoms with Gasteiger partial charge < -0.3 is 5.32 Å². The third-order valence-corrected chi connectivity index (χ3v) is 6.12. The fourth-order valence-corrected chi connectivity index (χ4v) is 5.34. The molecule has 3 nitrogen and oxygen atoms in total. The van der Waals surface area contributed by atoms with E-state index in [2.05, 4.69) is 23.5 Å². The van der Waals surface area contributed by atoms with Crippen molar-refractivity contribution < 1.29 is 0 Å².